The topological polar surface area (TPSA) is 85.3 Å². The minimum Gasteiger partial charge on any atom is -0.479 e. The zero-order valence-corrected chi connectivity index (χ0v) is 12.0. The molecule has 2 saturated heterocycles. The molecule has 1 spiro atoms. The van der Waals surface area contributed by atoms with Gasteiger partial charge in [0.05, 0.1) is 26.3 Å². The first-order valence-electron chi connectivity index (χ1n) is 6.67. The Bertz CT molecular complexity index is 398. The smallest absolute Gasteiger partial charge is 0.410 e. The second kappa shape index (κ2) is 5.21. The number of carboxylic acids is 1. The van der Waals surface area contributed by atoms with Gasteiger partial charge in [-0.25, -0.2) is 9.59 Å². The van der Waals surface area contributed by atoms with E-state index in [1.54, 1.807) is 20.8 Å². The van der Waals surface area contributed by atoms with Gasteiger partial charge in [0.15, 0.2) is 6.10 Å². The first-order valence-corrected chi connectivity index (χ1v) is 6.67. The molecule has 0 bridgehead atoms. The molecule has 0 aromatic rings. The van der Waals surface area contributed by atoms with Crippen LogP contribution in [-0.4, -0.2) is 65.7 Å². The fourth-order valence-electron chi connectivity index (χ4n) is 2.21. The lowest BCUT2D eigenvalue weighted by Gasteiger charge is -2.42. The summed E-state index contributed by atoms with van der Waals surface area (Å²) in [6, 6.07) is 0. The summed E-state index contributed by atoms with van der Waals surface area (Å²) in [6.45, 7) is 6.35. The fourth-order valence-corrected chi connectivity index (χ4v) is 2.21. The van der Waals surface area contributed by atoms with Gasteiger partial charge in [-0.2, -0.15) is 0 Å². The summed E-state index contributed by atoms with van der Waals surface area (Å²) in [5, 5.41) is 9.11. The van der Waals surface area contributed by atoms with Gasteiger partial charge < -0.3 is 24.2 Å². The van der Waals surface area contributed by atoms with Gasteiger partial charge in [0, 0.05) is 6.42 Å². The minimum atomic E-state index is -1.09. The monoisotopic (exact) mass is 287 g/mol. The second-order valence-electron chi connectivity index (χ2n) is 6.28. The van der Waals surface area contributed by atoms with Crippen molar-refractivity contribution in [2.75, 3.05) is 26.3 Å². The van der Waals surface area contributed by atoms with Crippen molar-refractivity contribution in [2.45, 2.75) is 44.5 Å². The molecule has 20 heavy (non-hydrogen) atoms. The van der Waals surface area contributed by atoms with Crippen LogP contribution in [0.3, 0.4) is 0 Å². The van der Waals surface area contributed by atoms with E-state index in [4.69, 9.17) is 19.3 Å². The van der Waals surface area contributed by atoms with Crippen LogP contribution in [0.25, 0.3) is 0 Å². The molecule has 1 amide bonds. The maximum absolute atomic E-state index is 12.2. The number of amides is 1. The van der Waals surface area contributed by atoms with E-state index in [1.807, 2.05) is 0 Å². The molecule has 114 valence electrons. The highest BCUT2D eigenvalue weighted by Crippen LogP contribution is 2.31. The van der Waals surface area contributed by atoms with Gasteiger partial charge in [-0.15, -0.1) is 0 Å². The lowest BCUT2D eigenvalue weighted by Crippen LogP contribution is -2.55. The van der Waals surface area contributed by atoms with Gasteiger partial charge in [0.25, 0.3) is 0 Å². The molecular weight excluding hydrogens is 266 g/mol. The van der Waals surface area contributed by atoms with E-state index in [-0.39, 0.29) is 13.2 Å². The predicted octanol–water partition coefficient (Wildman–Crippen LogP) is 0.866. The molecule has 0 aliphatic carbocycles. The van der Waals surface area contributed by atoms with E-state index in [0.717, 1.165) is 6.42 Å². The SMILES string of the molecule is CC(C)(C)OC(=O)N1C[C@@H](C(=O)O)OCC2(CCO2)C1. The summed E-state index contributed by atoms with van der Waals surface area (Å²) in [6.07, 6.45) is -0.839. The van der Waals surface area contributed by atoms with Crippen molar-refractivity contribution in [1.29, 1.82) is 0 Å². The van der Waals surface area contributed by atoms with Gasteiger partial charge >= 0.3 is 12.1 Å². The van der Waals surface area contributed by atoms with Crippen molar-refractivity contribution < 1.29 is 28.9 Å². The quantitative estimate of drug-likeness (QED) is 0.770. The predicted molar refractivity (Wildman–Crippen MR) is 68.5 cm³/mol. The van der Waals surface area contributed by atoms with Crippen LogP contribution in [0.5, 0.6) is 0 Å². The third-order valence-electron chi connectivity index (χ3n) is 3.31. The number of carbonyl (C=O) groups excluding carboxylic acids is 1. The van der Waals surface area contributed by atoms with Crippen molar-refractivity contribution in [3.8, 4) is 0 Å². The van der Waals surface area contributed by atoms with E-state index in [1.165, 1.54) is 4.90 Å². The Morgan fingerprint density at radius 3 is 2.50 bits per heavy atom. The van der Waals surface area contributed by atoms with Gasteiger partial charge in [-0.1, -0.05) is 0 Å². The first kappa shape index (κ1) is 15.1. The Labute approximate surface area is 117 Å². The standard InChI is InChI=1S/C13H21NO6/c1-12(2,3)20-11(17)14-6-9(10(15)16)18-8-13(7-14)4-5-19-13/h9H,4-8H2,1-3H3,(H,15,16)/t9-,13?/m0/s1. The van der Waals surface area contributed by atoms with Crippen LogP contribution in [0.15, 0.2) is 0 Å². The maximum Gasteiger partial charge on any atom is 0.410 e. The van der Waals surface area contributed by atoms with Crippen molar-refractivity contribution in [2.24, 2.45) is 0 Å². The molecule has 2 fully saturated rings. The van der Waals surface area contributed by atoms with Crippen LogP contribution >= 0.6 is 0 Å². The average molecular weight is 287 g/mol. The Balaban J connectivity index is 2.10. The Morgan fingerprint density at radius 1 is 1.40 bits per heavy atom. The van der Waals surface area contributed by atoms with Crippen molar-refractivity contribution in [3.63, 3.8) is 0 Å². The number of ether oxygens (including phenoxy) is 3. The summed E-state index contributed by atoms with van der Waals surface area (Å²) >= 11 is 0. The highest BCUT2D eigenvalue weighted by atomic mass is 16.6. The van der Waals surface area contributed by atoms with Gasteiger partial charge in [0.2, 0.25) is 0 Å². The van der Waals surface area contributed by atoms with Gasteiger partial charge in [0.1, 0.15) is 11.2 Å². The zero-order valence-electron chi connectivity index (χ0n) is 12.0. The molecule has 2 aliphatic heterocycles. The summed E-state index contributed by atoms with van der Waals surface area (Å²) < 4.78 is 16.2. The lowest BCUT2D eigenvalue weighted by molar-refractivity contribution is -0.185. The molecule has 2 rings (SSSR count). The molecule has 0 radical (unpaired) electrons. The summed E-state index contributed by atoms with van der Waals surface area (Å²) in [4.78, 5) is 24.7. The van der Waals surface area contributed by atoms with Crippen LogP contribution < -0.4 is 0 Å². The molecule has 0 aromatic carbocycles. The molecule has 2 aliphatic rings. The largest absolute Gasteiger partial charge is 0.479 e. The van der Waals surface area contributed by atoms with Gasteiger partial charge in [-0.3, -0.25) is 0 Å². The van der Waals surface area contributed by atoms with E-state index in [0.29, 0.717) is 13.2 Å². The van der Waals surface area contributed by atoms with Crippen LogP contribution in [0.4, 0.5) is 4.79 Å². The van der Waals surface area contributed by atoms with Crippen molar-refractivity contribution in [3.05, 3.63) is 0 Å². The minimum absolute atomic E-state index is 0.0324. The van der Waals surface area contributed by atoms with Crippen LogP contribution in [0.2, 0.25) is 0 Å². The highest BCUT2D eigenvalue weighted by Gasteiger charge is 2.46. The third kappa shape index (κ3) is 3.40. The first-order chi connectivity index (χ1) is 9.21. The molecule has 7 heteroatoms. The number of hydrogen-bond donors (Lipinski definition) is 1. The lowest BCUT2D eigenvalue weighted by atomic mass is 9.95. The molecular formula is C13H21NO6. The third-order valence-corrected chi connectivity index (χ3v) is 3.31. The van der Waals surface area contributed by atoms with Crippen LogP contribution in [0, 0.1) is 0 Å². The molecule has 0 saturated carbocycles. The molecule has 7 nitrogen and oxygen atoms in total. The van der Waals surface area contributed by atoms with Crippen LogP contribution in [-0.2, 0) is 19.0 Å². The zero-order chi connectivity index (χ0) is 15.0. The summed E-state index contributed by atoms with van der Waals surface area (Å²) in [5.41, 5.74) is -1.21. The van der Waals surface area contributed by atoms with E-state index < -0.39 is 29.4 Å². The molecule has 2 atom stereocenters. The number of hydrogen-bond acceptors (Lipinski definition) is 5. The Kier molecular flexibility index (Phi) is 3.93. The number of carbonyl (C=O) groups is 2. The van der Waals surface area contributed by atoms with Gasteiger partial charge in [-0.05, 0) is 20.8 Å². The number of rotatable bonds is 1. The van der Waals surface area contributed by atoms with Crippen molar-refractivity contribution >= 4 is 12.1 Å². The van der Waals surface area contributed by atoms with E-state index >= 15 is 0 Å². The van der Waals surface area contributed by atoms with Crippen LogP contribution in [0.1, 0.15) is 27.2 Å². The maximum atomic E-state index is 12.2. The molecule has 0 aromatic heterocycles. The van der Waals surface area contributed by atoms with E-state index in [9.17, 15) is 9.59 Å². The summed E-state index contributed by atoms with van der Waals surface area (Å²) in [5.74, 6) is -1.09. The second-order valence-corrected chi connectivity index (χ2v) is 6.28. The number of aliphatic carboxylic acids is 1. The number of nitrogens with zero attached hydrogens (tertiary/aromatic N) is 1. The number of carboxylic acid groups (broad SMARTS) is 1. The normalized spacial score (nSPS) is 30.6. The summed E-state index contributed by atoms with van der Waals surface area (Å²) in [7, 11) is 0. The molecule has 1 unspecified atom stereocenters. The van der Waals surface area contributed by atoms with Crippen molar-refractivity contribution in [1.82, 2.24) is 4.90 Å². The Hall–Kier alpha value is -1.34. The highest BCUT2D eigenvalue weighted by molar-refractivity contribution is 5.75. The van der Waals surface area contributed by atoms with E-state index in [2.05, 4.69) is 0 Å². The Morgan fingerprint density at radius 2 is 2.05 bits per heavy atom. The molecule has 1 N–H and O–H groups in total. The molecule has 2 heterocycles. The fraction of sp³-hybridized carbons (Fsp3) is 0.846. The average Bonchev–Trinajstić information content (AvgIpc) is 2.45.